The molecule has 0 radical (unpaired) electrons. The lowest BCUT2D eigenvalue weighted by molar-refractivity contribution is -0.350. The Balaban J connectivity index is 1.22. The highest BCUT2D eigenvalue weighted by Gasteiger charge is 2.64. The molecule has 0 bridgehead atoms. The van der Waals surface area contributed by atoms with Gasteiger partial charge in [-0.2, -0.15) is 0 Å². The number of carboxylic acids is 1. The number of hydrogen-bond acceptors (Lipinski definition) is 9. The number of hydrogen-bond donors (Lipinski definition) is 4. The van der Waals surface area contributed by atoms with Gasteiger partial charge >= 0.3 is 5.97 Å². The lowest BCUT2D eigenvalue weighted by atomic mass is 9.78. The zero-order valence-corrected chi connectivity index (χ0v) is 31.5. The van der Waals surface area contributed by atoms with Crippen molar-refractivity contribution < 1.29 is 48.9 Å². The summed E-state index contributed by atoms with van der Waals surface area (Å²) in [6.07, 6.45) is 5.82. The van der Waals surface area contributed by atoms with Crippen molar-refractivity contribution in [2.45, 2.75) is 186 Å². The van der Waals surface area contributed by atoms with E-state index in [1.165, 1.54) is 0 Å². The summed E-state index contributed by atoms with van der Waals surface area (Å²) in [6.45, 7) is 18.6. The molecule has 0 aliphatic carbocycles. The number of aliphatic carboxylic acids is 1. The molecule has 0 aromatic rings. The molecule has 0 saturated carbocycles. The van der Waals surface area contributed by atoms with Crippen LogP contribution in [0.3, 0.4) is 0 Å². The minimum Gasteiger partial charge on any atom is -0.481 e. The van der Waals surface area contributed by atoms with Crippen LogP contribution in [0.25, 0.3) is 0 Å². The Kier molecular flexibility index (Phi) is 12.0. The van der Waals surface area contributed by atoms with Crippen LogP contribution in [-0.2, 0) is 28.5 Å². The first-order valence-corrected chi connectivity index (χ1v) is 19.1. The summed E-state index contributed by atoms with van der Waals surface area (Å²) in [5.74, 6) is -1.71. The Bertz CT molecular complexity index is 1180. The second-order valence-electron chi connectivity index (χ2n) is 17.4. The van der Waals surface area contributed by atoms with E-state index in [0.717, 1.165) is 37.7 Å². The number of allylic oxidation sites excluding steroid dienone is 1. The van der Waals surface area contributed by atoms with Crippen molar-refractivity contribution in [3.8, 4) is 0 Å². The van der Waals surface area contributed by atoms with Gasteiger partial charge in [0, 0.05) is 18.3 Å². The fraction of sp³-hybridized carbons (Fsp3) is 0.923. The standard InChI is InChI=1S/C39H66O10/c1-21(14-25(5)36(43)44)10-11-28(41)17-29-18-30(42)27(7)39(47-29)26(6)19-38(9,49-39)33-12-13-37(8,48-33)35-24(4)16-31(46-35)34-23(3)15-22(2)32(20-40)45-34/h14,22-35,40-42H,10-13,15-20H2,1-9H3,(H,43,44). The Morgan fingerprint density at radius 1 is 0.980 bits per heavy atom. The monoisotopic (exact) mass is 694 g/mol. The first-order valence-electron chi connectivity index (χ1n) is 19.1. The fourth-order valence-electron chi connectivity index (χ4n) is 10.2. The molecule has 1 spiro atoms. The van der Waals surface area contributed by atoms with E-state index >= 15 is 0 Å². The quantitative estimate of drug-likeness (QED) is 0.201. The number of ether oxygens (including phenoxy) is 5. The van der Waals surface area contributed by atoms with Crippen molar-refractivity contribution >= 4 is 5.97 Å². The van der Waals surface area contributed by atoms with E-state index in [1.54, 1.807) is 13.0 Å². The molecular weight excluding hydrogens is 628 g/mol. The lowest BCUT2D eigenvalue weighted by Gasteiger charge is -2.49. The number of carbonyl (C=O) groups is 1. The summed E-state index contributed by atoms with van der Waals surface area (Å²) >= 11 is 0. The van der Waals surface area contributed by atoms with Gasteiger partial charge in [-0.15, -0.1) is 0 Å². The van der Waals surface area contributed by atoms with Gasteiger partial charge in [0.1, 0.15) is 0 Å². The van der Waals surface area contributed by atoms with Gasteiger partial charge in [-0.05, 0) is 96.8 Å². The van der Waals surface area contributed by atoms with Crippen LogP contribution in [0.5, 0.6) is 0 Å². The summed E-state index contributed by atoms with van der Waals surface area (Å²) in [5.41, 5.74) is -0.169. The number of carboxylic acid groups (broad SMARTS) is 1. The van der Waals surface area contributed by atoms with E-state index in [0.29, 0.717) is 43.4 Å². The van der Waals surface area contributed by atoms with E-state index in [-0.39, 0.29) is 55.1 Å². The average molecular weight is 695 g/mol. The van der Waals surface area contributed by atoms with Crippen LogP contribution in [0, 0.1) is 35.5 Å². The lowest BCUT2D eigenvalue weighted by Crippen LogP contribution is -2.57. The Morgan fingerprint density at radius 2 is 1.69 bits per heavy atom. The molecular formula is C39H66O10. The fourth-order valence-corrected chi connectivity index (χ4v) is 10.2. The zero-order chi connectivity index (χ0) is 36.1. The van der Waals surface area contributed by atoms with Crippen molar-refractivity contribution in [3.05, 3.63) is 11.6 Å². The number of aliphatic hydroxyl groups excluding tert-OH is 3. The van der Waals surface area contributed by atoms with Gasteiger partial charge < -0.3 is 44.1 Å². The Labute approximate surface area is 294 Å². The second-order valence-corrected chi connectivity index (χ2v) is 17.4. The maximum absolute atomic E-state index is 11.3. The molecule has 5 rings (SSSR count). The largest absolute Gasteiger partial charge is 0.481 e. The van der Waals surface area contributed by atoms with Crippen molar-refractivity contribution in [2.24, 2.45) is 35.5 Å². The topological polar surface area (TPSA) is 144 Å². The highest BCUT2D eigenvalue weighted by molar-refractivity contribution is 5.71. The van der Waals surface area contributed by atoms with Crippen LogP contribution in [0.4, 0.5) is 0 Å². The minimum absolute atomic E-state index is 0.00179. The molecule has 17 atom stereocenters. The number of rotatable bonds is 11. The average Bonchev–Trinajstić information content (AvgIpc) is 3.69. The van der Waals surface area contributed by atoms with Crippen molar-refractivity contribution in [1.82, 2.24) is 0 Å². The molecule has 4 N–H and O–H groups in total. The minimum atomic E-state index is -0.997. The van der Waals surface area contributed by atoms with E-state index < -0.39 is 41.1 Å². The third-order valence-corrected chi connectivity index (χ3v) is 13.0. The molecule has 5 heterocycles. The normalized spacial score (nSPS) is 49.0. The van der Waals surface area contributed by atoms with Crippen molar-refractivity contribution in [1.29, 1.82) is 0 Å². The molecule has 49 heavy (non-hydrogen) atoms. The molecule has 0 aromatic carbocycles. The third kappa shape index (κ3) is 7.97. The number of aliphatic hydroxyl groups is 3. The van der Waals surface area contributed by atoms with Crippen LogP contribution in [-0.4, -0.2) is 98.8 Å². The van der Waals surface area contributed by atoms with Gasteiger partial charge in [0.15, 0.2) is 5.79 Å². The Hall–Kier alpha value is -1.11. The molecule has 10 nitrogen and oxygen atoms in total. The van der Waals surface area contributed by atoms with Gasteiger partial charge in [-0.1, -0.05) is 46.3 Å². The molecule has 5 aliphatic heterocycles. The van der Waals surface area contributed by atoms with Gasteiger partial charge in [0.2, 0.25) is 0 Å². The molecule has 5 saturated heterocycles. The maximum atomic E-state index is 11.3. The van der Waals surface area contributed by atoms with Gasteiger partial charge in [0.25, 0.3) is 0 Å². The zero-order valence-electron chi connectivity index (χ0n) is 31.5. The van der Waals surface area contributed by atoms with Crippen LogP contribution >= 0.6 is 0 Å². The molecule has 282 valence electrons. The van der Waals surface area contributed by atoms with Crippen LogP contribution in [0.2, 0.25) is 0 Å². The van der Waals surface area contributed by atoms with E-state index in [1.807, 2.05) is 13.8 Å². The van der Waals surface area contributed by atoms with Gasteiger partial charge in [-0.3, -0.25) is 4.79 Å². The molecule has 17 unspecified atom stereocenters. The van der Waals surface area contributed by atoms with Crippen LogP contribution < -0.4 is 0 Å². The third-order valence-electron chi connectivity index (χ3n) is 13.0. The van der Waals surface area contributed by atoms with Crippen molar-refractivity contribution in [2.75, 3.05) is 6.61 Å². The first-order chi connectivity index (χ1) is 22.9. The SMILES string of the molecule is CC(=CC(C)C(=O)O)CCC(O)CC1CC(O)C(C)C2(O1)OC(C)(C1CCC(C)(C3OC(C4OC(CO)C(C)CC4C)CC3C)O1)CC2C. The smallest absolute Gasteiger partial charge is 0.310 e. The van der Waals surface area contributed by atoms with Gasteiger partial charge in [0.05, 0.1) is 72.6 Å². The summed E-state index contributed by atoms with van der Waals surface area (Å²) in [7, 11) is 0. The maximum Gasteiger partial charge on any atom is 0.310 e. The summed E-state index contributed by atoms with van der Waals surface area (Å²) in [5, 5.41) is 41.3. The van der Waals surface area contributed by atoms with Crippen LogP contribution in [0.1, 0.15) is 120 Å². The Morgan fingerprint density at radius 3 is 2.37 bits per heavy atom. The van der Waals surface area contributed by atoms with E-state index in [4.69, 9.17) is 23.7 Å². The highest BCUT2D eigenvalue weighted by Crippen LogP contribution is 2.56. The van der Waals surface area contributed by atoms with E-state index in [9.17, 15) is 25.2 Å². The predicted octanol–water partition coefficient (Wildman–Crippen LogP) is 5.64. The summed E-state index contributed by atoms with van der Waals surface area (Å²) < 4.78 is 34.1. The van der Waals surface area contributed by atoms with Crippen LogP contribution in [0.15, 0.2) is 11.6 Å². The predicted molar refractivity (Wildman–Crippen MR) is 185 cm³/mol. The molecule has 5 aliphatic rings. The first kappa shape index (κ1) is 39.1. The molecule has 0 amide bonds. The summed E-state index contributed by atoms with van der Waals surface area (Å²) in [6, 6.07) is 0. The van der Waals surface area contributed by atoms with Gasteiger partial charge in [-0.25, -0.2) is 0 Å². The molecule has 10 heteroatoms. The summed E-state index contributed by atoms with van der Waals surface area (Å²) in [4.78, 5) is 11.2. The molecule has 0 aromatic heterocycles. The highest BCUT2D eigenvalue weighted by atomic mass is 16.7. The van der Waals surface area contributed by atoms with Crippen molar-refractivity contribution in [3.63, 3.8) is 0 Å². The second kappa shape index (κ2) is 15.1. The van der Waals surface area contributed by atoms with E-state index in [2.05, 4.69) is 41.5 Å². The molecule has 5 fully saturated rings.